The highest BCUT2D eigenvalue weighted by molar-refractivity contribution is 9.10. The number of carbonyl (C=O) groups excluding carboxylic acids is 2. The summed E-state index contributed by atoms with van der Waals surface area (Å²) in [6.07, 6.45) is 0.0900. The fourth-order valence-corrected chi connectivity index (χ4v) is 1.90. The van der Waals surface area contributed by atoms with E-state index in [2.05, 4.69) is 21.2 Å². The van der Waals surface area contributed by atoms with Gasteiger partial charge in [-0.1, -0.05) is 28.1 Å². The predicted molar refractivity (Wildman–Crippen MR) is 81.7 cm³/mol. The molecule has 1 unspecified atom stereocenters. The molecule has 4 nitrogen and oxygen atoms in total. The number of aryl methyl sites for hydroxylation is 1. The van der Waals surface area contributed by atoms with Gasteiger partial charge in [0.05, 0.1) is 0 Å². The van der Waals surface area contributed by atoms with Gasteiger partial charge in [-0.05, 0) is 51.8 Å². The van der Waals surface area contributed by atoms with Crippen molar-refractivity contribution in [1.82, 2.24) is 5.32 Å². The van der Waals surface area contributed by atoms with Gasteiger partial charge in [0.1, 0.15) is 17.4 Å². The van der Waals surface area contributed by atoms with Crippen molar-refractivity contribution in [1.29, 1.82) is 0 Å². The third-order valence-corrected chi connectivity index (χ3v) is 3.64. The summed E-state index contributed by atoms with van der Waals surface area (Å²) in [5.74, 6) is 0. The minimum Gasteiger partial charge on any atom is -0.444 e. The second kappa shape index (κ2) is 5.95. The van der Waals surface area contributed by atoms with Crippen LogP contribution in [-0.4, -0.2) is 18.0 Å². The molecule has 20 heavy (non-hydrogen) atoms. The SMILES string of the molecule is Cc1cc(C(C)(C=O)NC(=O)OC(C)(C)C)ccc1Br. The molecule has 0 aromatic heterocycles. The van der Waals surface area contributed by atoms with Gasteiger partial charge < -0.3 is 14.8 Å². The highest BCUT2D eigenvalue weighted by Crippen LogP contribution is 2.24. The van der Waals surface area contributed by atoms with Gasteiger partial charge in [0.25, 0.3) is 0 Å². The molecule has 0 aliphatic heterocycles. The largest absolute Gasteiger partial charge is 0.444 e. The molecule has 1 N–H and O–H groups in total. The summed E-state index contributed by atoms with van der Waals surface area (Å²) in [4.78, 5) is 23.3. The normalized spacial score (nSPS) is 14.3. The van der Waals surface area contributed by atoms with E-state index in [1.54, 1.807) is 33.8 Å². The second-order valence-electron chi connectivity index (χ2n) is 5.91. The molecule has 0 saturated carbocycles. The zero-order chi connectivity index (χ0) is 15.6. The third kappa shape index (κ3) is 4.34. The second-order valence-corrected chi connectivity index (χ2v) is 6.77. The Labute approximate surface area is 128 Å². The number of rotatable bonds is 3. The Kier molecular flexibility index (Phi) is 4.97. The molecule has 0 fully saturated rings. The maximum absolute atomic E-state index is 11.9. The minimum atomic E-state index is -1.12. The topological polar surface area (TPSA) is 55.4 Å². The first-order chi connectivity index (χ1) is 9.07. The van der Waals surface area contributed by atoms with Crippen LogP contribution in [-0.2, 0) is 15.1 Å². The summed E-state index contributed by atoms with van der Waals surface area (Å²) in [7, 11) is 0. The molecule has 0 aliphatic rings. The number of nitrogens with one attached hydrogen (secondary N) is 1. The molecule has 0 radical (unpaired) electrons. The van der Waals surface area contributed by atoms with Crippen LogP contribution in [0.3, 0.4) is 0 Å². The van der Waals surface area contributed by atoms with Crippen molar-refractivity contribution in [3.05, 3.63) is 33.8 Å². The van der Waals surface area contributed by atoms with Crippen LogP contribution in [0.4, 0.5) is 4.79 Å². The van der Waals surface area contributed by atoms with Gasteiger partial charge in [-0.3, -0.25) is 0 Å². The fraction of sp³-hybridized carbons (Fsp3) is 0.467. The van der Waals surface area contributed by atoms with Crippen LogP contribution < -0.4 is 5.32 Å². The lowest BCUT2D eigenvalue weighted by atomic mass is 9.92. The summed E-state index contributed by atoms with van der Waals surface area (Å²) >= 11 is 3.41. The molecular formula is C15H20BrNO3. The van der Waals surface area contributed by atoms with Crippen molar-refractivity contribution in [3.63, 3.8) is 0 Å². The van der Waals surface area contributed by atoms with Gasteiger partial charge in [0.15, 0.2) is 0 Å². The van der Waals surface area contributed by atoms with Gasteiger partial charge in [0, 0.05) is 4.47 Å². The minimum absolute atomic E-state index is 0.608. The van der Waals surface area contributed by atoms with Gasteiger partial charge >= 0.3 is 6.09 Å². The lowest BCUT2D eigenvalue weighted by Crippen LogP contribution is -2.47. The van der Waals surface area contributed by atoms with Crippen molar-refractivity contribution in [3.8, 4) is 0 Å². The van der Waals surface area contributed by atoms with Gasteiger partial charge in [-0.25, -0.2) is 4.79 Å². The molecular weight excluding hydrogens is 322 g/mol. The Morgan fingerprint density at radius 2 is 1.90 bits per heavy atom. The molecule has 1 atom stereocenters. The maximum Gasteiger partial charge on any atom is 0.408 e. The molecule has 0 spiro atoms. The van der Waals surface area contributed by atoms with Crippen molar-refractivity contribution < 1.29 is 14.3 Å². The molecule has 1 rings (SSSR count). The van der Waals surface area contributed by atoms with Crippen LogP contribution in [0.15, 0.2) is 22.7 Å². The van der Waals surface area contributed by atoms with Crippen LogP contribution >= 0.6 is 15.9 Å². The number of benzene rings is 1. The first-order valence-electron chi connectivity index (χ1n) is 6.31. The van der Waals surface area contributed by atoms with Gasteiger partial charge in [-0.15, -0.1) is 0 Å². The number of alkyl carbamates (subject to hydrolysis) is 1. The summed E-state index contributed by atoms with van der Waals surface area (Å²) in [5.41, 5.74) is -0.0299. The molecule has 0 aliphatic carbocycles. The summed E-state index contributed by atoms with van der Waals surface area (Å²) in [6.45, 7) is 8.89. The zero-order valence-corrected chi connectivity index (χ0v) is 14.0. The lowest BCUT2D eigenvalue weighted by Gasteiger charge is -2.28. The van der Waals surface area contributed by atoms with E-state index in [0.717, 1.165) is 10.0 Å². The lowest BCUT2D eigenvalue weighted by molar-refractivity contribution is -0.113. The first-order valence-corrected chi connectivity index (χ1v) is 7.11. The molecule has 1 aromatic rings. The van der Waals surface area contributed by atoms with E-state index >= 15 is 0 Å². The van der Waals surface area contributed by atoms with Gasteiger partial charge in [0.2, 0.25) is 0 Å². The van der Waals surface area contributed by atoms with Crippen molar-refractivity contribution in [2.75, 3.05) is 0 Å². The number of aldehydes is 1. The van der Waals surface area contributed by atoms with E-state index in [9.17, 15) is 9.59 Å². The number of ether oxygens (including phenoxy) is 1. The van der Waals surface area contributed by atoms with Crippen molar-refractivity contribution in [2.24, 2.45) is 0 Å². The van der Waals surface area contributed by atoms with Crippen LogP contribution in [0, 0.1) is 6.92 Å². The highest BCUT2D eigenvalue weighted by Gasteiger charge is 2.30. The molecule has 110 valence electrons. The number of carbonyl (C=O) groups is 2. The maximum atomic E-state index is 11.9. The van der Waals surface area contributed by atoms with Gasteiger partial charge in [-0.2, -0.15) is 0 Å². The molecule has 1 amide bonds. The third-order valence-electron chi connectivity index (χ3n) is 2.75. The molecule has 0 heterocycles. The quantitative estimate of drug-likeness (QED) is 0.853. The number of hydrogen-bond donors (Lipinski definition) is 1. The van der Waals surface area contributed by atoms with E-state index in [-0.39, 0.29) is 0 Å². The molecule has 0 saturated heterocycles. The van der Waals surface area contributed by atoms with Crippen molar-refractivity contribution in [2.45, 2.75) is 45.8 Å². The number of halogens is 1. The Hall–Kier alpha value is -1.36. The summed E-state index contributed by atoms with van der Waals surface area (Å²) < 4.78 is 6.14. The van der Waals surface area contributed by atoms with E-state index in [1.165, 1.54) is 0 Å². The molecule has 1 aromatic carbocycles. The van der Waals surface area contributed by atoms with Crippen molar-refractivity contribution >= 4 is 28.3 Å². The van der Waals surface area contributed by atoms with Crippen LogP contribution in [0.5, 0.6) is 0 Å². The Balaban J connectivity index is 2.99. The van der Waals surface area contributed by atoms with E-state index in [4.69, 9.17) is 4.74 Å². The fourth-order valence-electron chi connectivity index (χ4n) is 1.65. The average molecular weight is 342 g/mol. The highest BCUT2D eigenvalue weighted by atomic mass is 79.9. The zero-order valence-electron chi connectivity index (χ0n) is 12.4. The Morgan fingerprint density at radius 1 is 1.30 bits per heavy atom. The van der Waals surface area contributed by atoms with Crippen LogP contribution in [0.25, 0.3) is 0 Å². The summed E-state index contributed by atoms with van der Waals surface area (Å²) in [6, 6.07) is 5.50. The molecule has 0 bridgehead atoms. The monoisotopic (exact) mass is 341 g/mol. The standard InChI is InChI=1S/C15H20BrNO3/c1-10-8-11(6-7-12(10)16)15(5,9-18)17-13(19)20-14(2,3)4/h6-9H,1-5H3,(H,17,19). The predicted octanol–water partition coefficient (Wildman–Crippen LogP) is 3.70. The summed E-state index contributed by atoms with van der Waals surface area (Å²) in [5, 5.41) is 2.62. The number of hydrogen-bond acceptors (Lipinski definition) is 3. The number of amides is 1. The smallest absolute Gasteiger partial charge is 0.408 e. The van der Waals surface area contributed by atoms with Crippen LogP contribution in [0.1, 0.15) is 38.8 Å². The Bertz CT molecular complexity index is 522. The van der Waals surface area contributed by atoms with Crippen LogP contribution in [0.2, 0.25) is 0 Å². The Morgan fingerprint density at radius 3 is 2.35 bits per heavy atom. The van der Waals surface area contributed by atoms with E-state index < -0.39 is 17.2 Å². The first kappa shape index (κ1) is 16.7. The van der Waals surface area contributed by atoms with E-state index in [1.807, 2.05) is 19.1 Å². The molecule has 5 heteroatoms. The van der Waals surface area contributed by atoms with E-state index in [0.29, 0.717) is 11.8 Å². The average Bonchev–Trinajstić information content (AvgIpc) is 2.29.